The van der Waals surface area contributed by atoms with E-state index in [1.807, 2.05) is 13.0 Å². The van der Waals surface area contributed by atoms with Crippen LogP contribution in [0.2, 0.25) is 0 Å². The van der Waals surface area contributed by atoms with Gasteiger partial charge in [0.15, 0.2) is 5.75 Å². The average molecular weight is 516 g/mol. The molecule has 2 aromatic heterocycles. The number of carbonyl (C=O) groups is 1. The van der Waals surface area contributed by atoms with Gasteiger partial charge in [-0.25, -0.2) is 4.98 Å². The van der Waals surface area contributed by atoms with E-state index in [4.69, 9.17) is 10.5 Å². The molecular weight excluding hydrogens is 488 g/mol. The van der Waals surface area contributed by atoms with Crippen LogP contribution in [0.3, 0.4) is 0 Å². The molecule has 4 N–H and O–H groups in total. The Morgan fingerprint density at radius 2 is 1.92 bits per heavy atom. The van der Waals surface area contributed by atoms with Crippen molar-refractivity contribution >= 4 is 46.1 Å². The molecule has 190 valence electrons. The van der Waals surface area contributed by atoms with Crippen LogP contribution in [-0.2, 0) is 0 Å². The Morgan fingerprint density at radius 3 is 2.61 bits per heavy atom. The minimum absolute atomic E-state index is 0.0178. The molecule has 3 aromatic rings. The van der Waals surface area contributed by atoms with Gasteiger partial charge >= 0.3 is 6.61 Å². The molecule has 5 rings (SSSR count). The zero-order valence-corrected chi connectivity index (χ0v) is 20.7. The lowest BCUT2D eigenvalue weighted by Crippen LogP contribution is -2.26. The monoisotopic (exact) mass is 515 g/mol. The van der Waals surface area contributed by atoms with Crippen LogP contribution in [0.1, 0.15) is 15.2 Å². The van der Waals surface area contributed by atoms with Gasteiger partial charge in [0, 0.05) is 49.7 Å². The molecule has 0 saturated carbocycles. The summed E-state index contributed by atoms with van der Waals surface area (Å²) in [7, 11) is 2.13. The smallest absolute Gasteiger partial charge is 0.387 e. The molecule has 2 aliphatic heterocycles. The van der Waals surface area contributed by atoms with Crippen molar-refractivity contribution in [2.24, 2.45) is 17.6 Å². The Kier molecular flexibility index (Phi) is 6.63. The van der Waals surface area contributed by atoms with Crippen LogP contribution in [0.5, 0.6) is 5.75 Å². The molecule has 36 heavy (non-hydrogen) atoms. The van der Waals surface area contributed by atoms with Crippen molar-refractivity contribution in [3.8, 4) is 5.75 Å². The first-order valence-electron chi connectivity index (χ1n) is 11.5. The SMILES string of the molecule is Cc1cnc(Nc2ccc(N3C[C@H]4CN(C)C[C@H]4C3)cc2OC(F)F)nc1Nc1ccsc1C(N)=O. The topological polar surface area (TPSA) is 109 Å². The van der Waals surface area contributed by atoms with Crippen molar-refractivity contribution in [2.45, 2.75) is 13.5 Å². The number of nitrogens with one attached hydrogen (secondary N) is 2. The Labute approximate surface area is 211 Å². The Balaban J connectivity index is 1.37. The van der Waals surface area contributed by atoms with E-state index in [-0.39, 0.29) is 11.7 Å². The quantitative estimate of drug-likeness (QED) is 0.413. The van der Waals surface area contributed by atoms with Crippen molar-refractivity contribution in [2.75, 3.05) is 48.8 Å². The van der Waals surface area contributed by atoms with Gasteiger partial charge < -0.3 is 30.9 Å². The summed E-state index contributed by atoms with van der Waals surface area (Å²) in [6.45, 7) is 2.72. The number of carbonyl (C=O) groups excluding carboxylic acids is 1. The van der Waals surface area contributed by atoms with Gasteiger partial charge in [-0.15, -0.1) is 11.3 Å². The second-order valence-electron chi connectivity index (χ2n) is 9.21. The van der Waals surface area contributed by atoms with Crippen LogP contribution in [0.4, 0.5) is 37.6 Å². The van der Waals surface area contributed by atoms with E-state index in [9.17, 15) is 13.6 Å². The number of halogens is 2. The number of hydrogen-bond acceptors (Lipinski definition) is 9. The van der Waals surface area contributed by atoms with Crippen molar-refractivity contribution in [1.29, 1.82) is 0 Å². The van der Waals surface area contributed by atoms with E-state index in [0.29, 0.717) is 33.9 Å². The number of primary amides is 1. The first-order valence-corrected chi connectivity index (χ1v) is 12.4. The van der Waals surface area contributed by atoms with Crippen molar-refractivity contribution < 1.29 is 18.3 Å². The number of hydrogen-bond donors (Lipinski definition) is 3. The summed E-state index contributed by atoms with van der Waals surface area (Å²) in [6, 6.07) is 6.96. The summed E-state index contributed by atoms with van der Waals surface area (Å²) in [4.78, 5) is 25.3. The van der Waals surface area contributed by atoms with Crippen LogP contribution in [-0.4, -0.2) is 60.6 Å². The molecule has 2 fully saturated rings. The van der Waals surface area contributed by atoms with Crippen molar-refractivity contribution in [3.05, 3.63) is 46.3 Å². The van der Waals surface area contributed by atoms with E-state index in [0.717, 1.165) is 37.4 Å². The minimum atomic E-state index is -2.98. The molecule has 2 atom stereocenters. The number of alkyl halides is 2. The second-order valence-corrected chi connectivity index (χ2v) is 10.1. The fourth-order valence-electron chi connectivity index (χ4n) is 4.92. The van der Waals surface area contributed by atoms with Gasteiger partial charge in [0.1, 0.15) is 10.7 Å². The molecule has 1 amide bonds. The van der Waals surface area contributed by atoms with E-state index >= 15 is 0 Å². The summed E-state index contributed by atoms with van der Waals surface area (Å²) in [6.07, 6.45) is 1.59. The molecule has 9 nitrogen and oxygen atoms in total. The minimum Gasteiger partial charge on any atom is -0.433 e. The molecule has 2 aliphatic rings. The normalized spacial score (nSPS) is 19.5. The first kappa shape index (κ1) is 24.2. The fraction of sp³-hybridized carbons (Fsp3) is 0.375. The lowest BCUT2D eigenvalue weighted by Gasteiger charge is -2.23. The van der Waals surface area contributed by atoms with Crippen LogP contribution in [0, 0.1) is 18.8 Å². The fourth-order valence-corrected chi connectivity index (χ4v) is 5.62. The molecule has 0 aliphatic carbocycles. The maximum absolute atomic E-state index is 13.3. The van der Waals surface area contributed by atoms with Gasteiger partial charge in [0.2, 0.25) is 5.95 Å². The molecule has 0 bridgehead atoms. The Bertz CT molecular complexity index is 1260. The predicted octanol–water partition coefficient (Wildman–Crippen LogP) is 4.03. The number of nitrogens with zero attached hydrogens (tertiary/aromatic N) is 4. The van der Waals surface area contributed by atoms with E-state index in [2.05, 4.69) is 37.4 Å². The van der Waals surface area contributed by atoms with Crippen molar-refractivity contribution in [3.63, 3.8) is 0 Å². The summed E-state index contributed by atoms with van der Waals surface area (Å²) in [5.74, 6) is 1.28. The van der Waals surface area contributed by atoms with Crippen LogP contribution in [0.25, 0.3) is 0 Å². The van der Waals surface area contributed by atoms with E-state index in [1.54, 1.807) is 29.8 Å². The maximum Gasteiger partial charge on any atom is 0.387 e. The van der Waals surface area contributed by atoms with Crippen LogP contribution >= 0.6 is 11.3 Å². The first-order chi connectivity index (χ1) is 17.3. The van der Waals surface area contributed by atoms with Crippen LogP contribution < -0.4 is 26.0 Å². The molecule has 0 spiro atoms. The molecular formula is C24H27F2N7O2S. The highest BCUT2D eigenvalue weighted by Crippen LogP contribution is 2.38. The maximum atomic E-state index is 13.3. The number of amides is 1. The number of nitrogens with two attached hydrogens (primary N) is 1. The van der Waals surface area contributed by atoms with Gasteiger partial charge in [-0.2, -0.15) is 13.8 Å². The highest BCUT2D eigenvalue weighted by molar-refractivity contribution is 7.12. The summed E-state index contributed by atoms with van der Waals surface area (Å²) in [5, 5.41) is 7.84. The Hall–Kier alpha value is -3.51. The molecule has 0 unspecified atom stereocenters. The highest BCUT2D eigenvalue weighted by atomic mass is 32.1. The number of aromatic nitrogens is 2. The third-order valence-corrected chi connectivity index (χ3v) is 7.50. The van der Waals surface area contributed by atoms with Gasteiger partial charge in [0.05, 0.1) is 11.4 Å². The molecule has 2 saturated heterocycles. The van der Waals surface area contributed by atoms with Crippen molar-refractivity contribution in [1.82, 2.24) is 14.9 Å². The van der Waals surface area contributed by atoms with Gasteiger partial charge in [0.25, 0.3) is 5.91 Å². The zero-order valence-electron chi connectivity index (χ0n) is 19.9. The Morgan fingerprint density at radius 1 is 1.17 bits per heavy atom. The number of thiophene rings is 1. The molecule has 1 aromatic carbocycles. The predicted molar refractivity (Wildman–Crippen MR) is 136 cm³/mol. The number of likely N-dealkylation sites (tertiary alicyclic amines) is 1. The summed E-state index contributed by atoms with van der Waals surface area (Å²) < 4.78 is 31.4. The number of aryl methyl sites for hydroxylation is 1. The summed E-state index contributed by atoms with van der Waals surface area (Å²) in [5.41, 5.74) is 7.86. The van der Waals surface area contributed by atoms with E-state index < -0.39 is 12.5 Å². The lowest BCUT2D eigenvalue weighted by atomic mass is 10.0. The number of anilines is 5. The third-order valence-electron chi connectivity index (χ3n) is 6.58. The largest absolute Gasteiger partial charge is 0.433 e. The molecule has 12 heteroatoms. The molecule has 0 radical (unpaired) electrons. The van der Waals surface area contributed by atoms with Gasteiger partial charge in [-0.3, -0.25) is 4.79 Å². The van der Waals surface area contributed by atoms with Gasteiger partial charge in [-0.05, 0) is 49.4 Å². The van der Waals surface area contributed by atoms with Gasteiger partial charge in [-0.1, -0.05) is 0 Å². The lowest BCUT2D eigenvalue weighted by molar-refractivity contribution is -0.0493. The average Bonchev–Trinajstić information content (AvgIpc) is 3.51. The van der Waals surface area contributed by atoms with Crippen LogP contribution in [0.15, 0.2) is 35.8 Å². The standard InChI is InChI=1S/C24H27F2N7O2S/c1-13-8-28-24(31-22(13)29-18-5-6-36-20(18)21(27)34)30-17-4-3-16(7-19(17)35-23(25)26)33-11-14-9-32(2)10-15(14)12-33/h3-8,14-15,23H,9-12H2,1-2H3,(H2,27,34)(H2,28,29,30,31)/t14-,15+. The highest BCUT2D eigenvalue weighted by Gasteiger charge is 2.38. The number of rotatable bonds is 8. The number of benzene rings is 1. The van der Waals surface area contributed by atoms with E-state index in [1.165, 1.54) is 11.3 Å². The second kappa shape index (κ2) is 9.86. The number of ether oxygens (including phenoxy) is 1. The third kappa shape index (κ3) is 5.05. The summed E-state index contributed by atoms with van der Waals surface area (Å²) >= 11 is 1.22. The molecule has 4 heterocycles. The zero-order chi connectivity index (χ0) is 25.4. The number of fused-ring (bicyclic) bond motifs is 1.